The molecule has 2 atom stereocenters. The Morgan fingerprint density at radius 2 is 1.68 bits per heavy atom. The first kappa shape index (κ1) is 14.7. The molecule has 0 saturated carbocycles. The maximum absolute atomic E-state index is 12.5. The van der Waals surface area contributed by atoms with Gasteiger partial charge in [0.1, 0.15) is 6.10 Å². The van der Waals surface area contributed by atoms with Crippen molar-refractivity contribution in [2.45, 2.75) is 12.2 Å². The largest absolute Gasteiger partial charge is 0.382 e. The van der Waals surface area contributed by atoms with Crippen LogP contribution in [0.2, 0.25) is 0 Å². The van der Waals surface area contributed by atoms with Crippen LogP contribution in [0.4, 0.5) is 0 Å². The Balaban J connectivity index is 1.83. The fourth-order valence-corrected chi connectivity index (χ4v) is 2.74. The van der Waals surface area contributed by atoms with Gasteiger partial charge in [-0.25, -0.2) is 0 Å². The van der Waals surface area contributed by atoms with Crippen molar-refractivity contribution >= 4 is 15.9 Å². The molecule has 2 unspecified atom stereocenters. The zero-order valence-electron chi connectivity index (χ0n) is 11.8. The quantitative estimate of drug-likeness (QED) is 0.481. The summed E-state index contributed by atoms with van der Waals surface area (Å²) in [5, 5.41) is 0. The summed E-state index contributed by atoms with van der Waals surface area (Å²) in [6.45, 7) is 0. The van der Waals surface area contributed by atoms with Crippen molar-refractivity contribution in [3.8, 4) is 5.75 Å². The number of hydrogen-bond donors (Lipinski definition) is 0. The van der Waals surface area contributed by atoms with Crippen molar-refractivity contribution in [3.05, 3.63) is 65.7 Å². The molecule has 0 bridgehead atoms. The first-order valence-corrected chi connectivity index (χ1v) is 8.50. The minimum absolute atomic E-state index is 0.0253. The number of Topliss-reactive ketones (excluding diaryl/α,β-unsaturated/α-hetero) is 1. The minimum atomic E-state index is -3.70. The van der Waals surface area contributed by atoms with Gasteiger partial charge in [-0.1, -0.05) is 42.5 Å². The molecular weight excluding hydrogens is 304 g/mol. The number of hydrogen-bond acceptors (Lipinski definition) is 5. The molecule has 0 radical (unpaired) electrons. The van der Waals surface area contributed by atoms with Crippen LogP contribution in [0.3, 0.4) is 0 Å². The minimum Gasteiger partial charge on any atom is -0.382 e. The topological polar surface area (TPSA) is 73.0 Å². The third-order valence-corrected chi connectivity index (χ3v) is 3.75. The highest BCUT2D eigenvalue weighted by atomic mass is 32.2. The number of carbonyl (C=O) groups excluding carboxylic acids is 1. The first-order chi connectivity index (χ1) is 10.5. The molecule has 0 spiro atoms. The molecule has 0 N–H and O–H groups in total. The van der Waals surface area contributed by atoms with Gasteiger partial charge in [0.05, 0.1) is 11.8 Å². The van der Waals surface area contributed by atoms with Crippen LogP contribution in [0.15, 0.2) is 54.6 Å². The van der Waals surface area contributed by atoms with Gasteiger partial charge in [-0.2, -0.15) is 8.42 Å². The average molecular weight is 318 g/mol. The van der Waals surface area contributed by atoms with Gasteiger partial charge in [-0.3, -0.25) is 4.79 Å². The summed E-state index contributed by atoms with van der Waals surface area (Å²) in [6.07, 6.45) is 0.0426. The highest BCUT2D eigenvalue weighted by Crippen LogP contribution is 2.41. The van der Waals surface area contributed by atoms with Gasteiger partial charge < -0.3 is 8.92 Å². The van der Waals surface area contributed by atoms with Crippen LogP contribution in [0, 0.1) is 0 Å². The summed E-state index contributed by atoms with van der Waals surface area (Å²) < 4.78 is 32.9. The van der Waals surface area contributed by atoms with Crippen LogP contribution in [0.5, 0.6) is 5.75 Å². The number of para-hydroxylation sites is 1. The van der Waals surface area contributed by atoms with Crippen molar-refractivity contribution in [1.29, 1.82) is 0 Å². The first-order valence-electron chi connectivity index (χ1n) is 6.69. The lowest BCUT2D eigenvalue weighted by Crippen LogP contribution is -2.13. The Morgan fingerprint density at radius 1 is 1.05 bits per heavy atom. The van der Waals surface area contributed by atoms with Crippen molar-refractivity contribution in [3.63, 3.8) is 0 Å². The Labute approximate surface area is 128 Å². The standard InChI is InChI=1S/C16H14O5S/c1-22(18,19)21-13-10-6-5-9-12(13)14(17)16-15(20-16)11-7-3-2-4-8-11/h2-10,15-16H,1H3. The van der Waals surface area contributed by atoms with E-state index in [9.17, 15) is 13.2 Å². The lowest BCUT2D eigenvalue weighted by molar-refractivity contribution is 0.0952. The molecule has 0 aliphatic carbocycles. The molecule has 6 heteroatoms. The zero-order chi connectivity index (χ0) is 15.7. The lowest BCUT2D eigenvalue weighted by Gasteiger charge is -2.07. The number of carbonyl (C=O) groups is 1. The highest BCUT2D eigenvalue weighted by molar-refractivity contribution is 7.86. The van der Waals surface area contributed by atoms with E-state index in [2.05, 4.69) is 0 Å². The summed E-state index contributed by atoms with van der Waals surface area (Å²) >= 11 is 0. The molecule has 1 saturated heterocycles. The van der Waals surface area contributed by atoms with Crippen molar-refractivity contribution in [2.24, 2.45) is 0 Å². The van der Waals surface area contributed by atoms with Gasteiger partial charge in [0.25, 0.3) is 0 Å². The third kappa shape index (κ3) is 3.18. The van der Waals surface area contributed by atoms with Gasteiger partial charge in [-0.15, -0.1) is 0 Å². The number of ether oxygens (including phenoxy) is 1. The molecular formula is C16H14O5S. The average Bonchev–Trinajstić information content (AvgIpc) is 3.27. The predicted octanol–water partition coefficient (Wildman–Crippen LogP) is 2.35. The summed E-state index contributed by atoms with van der Waals surface area (Å²) in [6, 6.07) is 15.7. The number of epoxide rings is 1. The molecule has 5 nitrogen and oxygen atoms in total. The van der Waals surface area contributed by atoms with Crippen molar-refractivity contribution < 1.29 is 22.1 Å². The third-order valence-electron chi connectivity index (χ3n) is 3.27. The van der Waals surface area contributed by atoms with Crippen LogP contribution in [0.1, 0.15) is 22.0 Å². The van der Waals surface area contributed by atoms with E-state index in [4.69, 9.17) is 8.92 Å². The molecule has 22 heavy (non-hydrogen) atoms. The normalized spacial score (nSPS) is 20.4. The van der Waals surface area contributed by atoms with E-state index >= 15 is 0 Å². The van der Waals surface area contributed by atoms with Crippen LogP contribution in [-0.4, -0.2) is 26.6 Å². The molecule has 2 aromatic rings. The summed E-state index contributed by atoms with van der Waals surface area (Å²) in [7, 11) is -3.70. The molecule has 1 aliphatic heterocycles. The Morgan fingerprint density at radius 3 is 2.36 bits per heavy atom. The molecule has 1 aliphatic rings. The summed E-state index contributed by atoms with van der Waals surface area (Å²) in [4.78, 5) is 12.5. The van der Waals surface area contributed by atoms with Crippen molar-refractivity contribution in [2.75, 3.05) is 6.26 Å². The molecule has 1 heterocycles. The molecule has 114 valence electrons. The van der Waals surface area contributed by atoms with E-state index in [1.54, 1.807) is 12.1 Å². The van der Waals surface area contributed by atoms with Crippen LogP contribution in [0.25, 0.3) is 0 Å². The number of benzene rings is 2. The van der Waals surface area contributed by atoms with Gasteiger partial charge in [0.2, 0.25) is 0 Å². The van der Waals surface area contributed by atoms with Crippen LogP contribution < -0.4 is 4.18 Å². The van der Waals surface area contributed by atoms with E-state index in [1.165, 1.54) is 12.1 Å². The van der Waals surface area contributed by atoms with Gasteiger partial charge in [0, 0.05) is 0 Å². The molecule has 1 fully saturated rings. The molecule has 0 aromatic heterocycles. The molecule has 3 rings (SSSR count). The monoisotopic (exact) mass is 318 g/mol. The van der Waals surface area contributed by atoms with Crippen molar-refractivity contribution in [1.82, 2.24) is 0 Å². The Kier molecular flexibility index (Phi) is 3.72. The second-order valence-corrected chi connectivity index (χ2v) is 6.61. The van der Waals surface area contributed by atoms with Gasteiger partial charge >= 0.3 is 10.1 Å². The maximum atomic E-state index is 12.5. The second kappa shape index (κ2) is 5.55. The van der Waals surface area contributed by atoms with Crippen LogP contribution >= 0.6 is 0 Å². The van der Waals surface area contributed by atoms with E-state index in [1.807, 2.05) is 30.3 Å². The van der Waals surface area contributed by atoms with E-state index in [0.29, 0.717) is 0 Å². The number of ketones is 1. The summed E-state index contributed by atoms with van der Waals surface area (Å²) in [5.41, 5.74) is 1.12. The zero-order valence-corrected chi connectivity index (χ0v) is 12.6. The Bertz CT molecular complexity index is 798. The Hall–Kier alpha value is -2.18. The maximum Gasteiger partial charge on any atom is 0.306 e. The summed E-state index contributed by atoms with van der Waals surface area (Å²) in [5.74, 6) is -0.259. The fraction of sp³-hybridized carbons (Fsp3) is 0.188. The number of rotatable bonds is 5. The second-order valence-electron chi connectivity index (χ2n) is 5.04. The van der Waals surface area contributed by atoms with Crippen LogP contribution in [-0.2, 0) is 14.9 Å². The smallest absolute Gasteiger partial charge is 0.306 e. The van der Waals surface area contributed by atoms with E-state index in [0.717, 1.165) is 11.8 Å². The van der Waals surface area contributed by atoms with Gasteiger partial charge in [-0.05, 0) is 17.7 Å². The molecule has 2 aromatic carbocycles. The SMILES string of the molecule is CS(=O)(=O)Oc1ccccc1C(=O)C1OC1c1ccccc1. The van der Waals surface area contributed by atoms with Gasteiger partial charge in [0.15, 0.2) is 17.6 Å². The fourth-order valence-electron chi connectivity index (χ4n) is 2.27. The highest BCUT2D eigenvalue weighted by Gasteiger charge is 2.46. The molecule has 0 amide bonds. The predicted molar refractivity (Wildman–Crippen MR) is 80.3 cm³/mol. The lowest BCUT2D eigenvalue weighted by atomic mass is 10.0. The van der Waals surface area contributed by atoms with E-state index in [-0.39, 0.29) is 23.2 Å². The van der Waals surface area contributed by atoms with E-state index < -0.39 is 16.2 Å².